The van der Waals surface area contributed by atoms with E-state index in [0.29, 0.717) is 0 Å². The molecule has 2 aromatic rings. The van der Waals surface area contributed by atoms with E-state index in [-0.39, 0.29) is 23.3 Å². The molecule has 7 heteroatoms. The van der Waals surface area contributed by atoms with Crippen molar-refractivity contribution >= 4 is 21.8 Å². The first-order chi connectivity index (χ1) is 11.8. The van der Waals surface area contributed by atoms with Crippen LogP contribution in [0.25, 0.3) is 0 Å². The Morgan fingerprint density at radius 3 is 2.36 bits per heavy atom. The number of ketones is 1. The van der Waals surface area contributed by atoms with Crippen molar-refractivity contribution in [3.8, 4) is 0 Å². The van der Waals surface area contributed by atoms with Crippen LogP contribution in [0.1, 0.15) is 22.3 Å². The van der Waals surface area contributed by atoms with Crippen molar-refractivity contribution < 1.29 is 23.1 Å². The van der Waals surface area contributed by atoms with E-state index in [2.05, 4.69) is 4.72 Å². The van der Waals surface area contributed by atoms with Gasteiger partial charge in [0.05, 0.1) is 10.8 Å². The van der Waals surface area contributed by atoms with Crippen LogP contribution in [0, 0.1) is 5.92 Å². The molecule has 0 amide bonds. The van der Waals surface area contributed by atoms with Gasteiger partial charge in [0.25, 0.3) is 0 Å². The number of Topliss-reactive ketones (excluding diaryl/α,β-unsaturated/α-hetero) is 1. The van der Waals surface area contributed by atoms with Crippen molar-refractivity contribution in [1.29, 1.82) is 0 Å². The first-order valence-corrected chi connectivity index (χ1v) is 9.15. The first-order valence-electron chi connectivity index (χ1n) is 7.67. The van der Waals surface area contributed by atoms with E-state index in [9.17, 15) is 23.1 Å². The molecule has 2 aromatic carbocycles. The summed E-state index contributed by atoms with van der Waals surface area (Å²) >= 11 is 0. The lowest BCUT2D eigenvalue weighted by atomic mass is 9.92. The van der Waals surface area contributed by atoms with Gasteiger partial charge in [0.2, 0.25) is 10.0 Å². The van der Waals surface area contributed by atoms with Gasteiger partial charge in [-0.05, 0) is 31.2 Å². The third-order valence-electron chi connectivity index (χ3n) is 3.84. The molecule has 0 fully saturated rings. The lowest BCUT2D eigenvalue weighted by Crippen LogP contribution is -2.21. The minimum atomic E-state index is -3.67. The SMILES string of the molecule is CNS(=O)(=O)c1cccc(C(=O)CC(Cc2ccccc2)C(=O)O)c1. The van der Waals surface area contributed by atoms with Crippen LogP contribution in [-0.2, 0) is 21.2 Å². The number of sulfonamides is 1. The van der Waals surface area contributed by atoms with Crippen LogP contribution in [-0.4, -0.2) is 32.3 Å². The number of carboxylic acids is 1. The van der Waals surface area contributed by atoms with Crippen molar-refractivity contribution in [3.63, 3.8) is 0 Å². The highest BCUT2D eigenvalue weighted by atomic mass is 32.2. The Balaban J connectivity index is 2.19. The Morgan fingerprint density at radius 2 is 1.76 bits per heavy atom. The van der Waals surface area contributed by atoms with Crippen LogP contribution in [0.3, 0.4) is 0 Å². The number of carbonyl (C=O) groups is 2. The molecule has 2 rings (SSSR count). The summed E-state index contributed by atoms with van der Waals surface area (Å²) in [6, 6.07) is 14.6. The maximum Gasteiger partial charge on any atom is 0.307 e. The van der Waals surface area contributed by atoms with E-state index < -0.39 is 27.7 Å². The van der Waals surface area contributed by atoms with Gasteiger partial charge in [-0.1, -0.05) is 42.5 Å². The largest absolute Gasteiger partial charge is 0.481 e. The molecule has 1 atom stereocenters. The molecule has 0 heterocycles. The van der Waals surface area contributed by atoms with E-state index >= 15 is 0 Å². The second-order valence-electron chi connectivity index (χ2n) is 5.59. The summed E-state index contributed by atoms with van der Waals surface area (Å²) in [6.07, 6.45) is 0.0314. The van der Waals surface area contributed by atoms with Crippen LogP contribution < -0.4 is 4.72 Å². The van der Waals surface area contributed by atoms with Crippen molar-refractivity contribution in [2.45, 2.75) is 17.7 Å². The minimum absolute atomic E-state index is 0.0317. The lowest BCUT2D eigenvalue weighted by molar-refractivity contribution is -0.141. The monoisotopic (exact) mass is 361 g/mol. The van der Waals surface area contributed by atoms with Gasteiger partial charge in [0.15, 0.2) is 5.78 Å². The van der Waals surface area contributed by atoms with Gasteiger partial charge in [-0.15, -0.1) is 0 Å². The smallest absolute Gasteiger partial charge is 0.307 e. The lowest BCUT2D eigenvalue weighted by Gasteiger charge is -2.12. The van der Waals surface area contributed by atoms with E-state index in [4.69, 9.17) is 0 Å². The topological polar surface area (TPSA) is 101 Å². The molecule has 132 valence electrons. The third kappa shape index (κ3) is 4.98. The second kappa shape index (κ2) is 8.04. The Hall–Kier alpha value is -2.51. The van der Waals surface area contributed by atoms with Gasteiger partial charge in [0.1, 0.15) is 0 Å². The molecule has 0 aliphatic heterocycles. The third-order valence-corrected chi connectivity index (χ3v) is 5.25. The standard InChI is InChI=1S/C18H19NO5S/c1-19-25(23,24)16-9-5-8-14(11-16)17(20)12-15(18(21)22)10-13-6-3-2-4-7-13/h2-9,11,15,19H,10,12H2,1H3,(H,21,22). The molecule has 1 unspecified atom stereocenters. The average Bonchev–Trinajstić information content (AvgIpc) is 2.62. The first kappa shape index (κ1) is 18.8. The number of hydrogen-bond acceptors (Lipinski definition) is 4. The zero-order valence-electron chi connectivity index (χ0n) is 13.7. The normalized spacial score (nSPS) is 12.5. The molecule has 0 radical (unpaired) electrons. The second-order valence-corrected chi connectivity index (χ2v) is 7.47. The predicted octanol–water partition coefficient (Wildman–Crippen LogP) is 2.11. The van der Waals surface area contributed by atoms with Gasteiger partial charge in [-0.25, -0.2) is 13.1 Å². The molecule has 25 heavy (non-hydrogen) atoms. The molecule has 0 saturated heterocycles. The van der Waals surface area contributed by atoms with Crippen molar-refractivity contribution in [1.82, 2.24) is 4.72 Å². The molecule has 0 saturated carbocycles. The Kier molecular flexibility index (Phi) is 6.06. The van der Waals surface area contributed by atoms with E-state index in [1.165, 1.54) is 31.3 Å². The van der Waals surface area contributed by atoms with Gasteiger partial charge in [-0.2, -0.15) is 0 Å². The molecule has 0 spiro atoms. The summed E-state index contributed by atoms with van der Waals surface area (Å²) in [7, 11) is -2.38. The number of hydrogen-bond donors (Lipinski definition) is 2. The maximum absolute atomic E-state index is 12.4. The molecule has 0 aliphatic carbocycles. The van der Waals surface area contributed by atoms with Gasteiger partial charge in [-0.3, -0.25) is 9.59 Å². The highest BCUT2D eigenvalue weighted by Gasteiger charge is 2.23. The molecule has 0 aromatic heterocycles. The molecule has 0 bridgehead atoms. The zero-order chi connectivity index (χ0) is 18.4. The van der Waals surface area contributed by atoms with E-state index in [0.717, 1.165) is 5.56 Å². The van der Waals surface area contributed by atoms with Crippen molar-refractivity contribution in [2.24, 2.45) is 5.92 Å². The van der Waals surface area contributed by atoms with Crippen LogP contribution >= 0.6 is 0 Å². The highest BCUT2D eigenvalue weighted by Crippen LogP contribution is 2.18. The number of carbonyl (C=O) groups excluding carboxylic acids is 1. The molecule has 2 N–H and O–H groups in total. The molecule has 6 nitrogen and oxygen atoms in total. The quantitative estimate of drug-likeness (QED) is 0.702. The van der Waals surface area contributed by atoms with Crippen molar-refractivity contribution in [2.75, 3.05) is 7.05 Å². The average molecular weight is 361 g/mol. The summed E-state index contributed by atoms with van der Waals surface area (Å²) in [5.41, 5.74) is 1.00. The van der Waals surface area contributed by atoms with Crippen molar-refractivity contribution in [3.05, 3.63) is 65.7 Å². The van der Waals surface area contributed by atoms with Crippen LogP contribution in [0.2, 0.25) is 0 Å². The summed E-state index contributed by atoms with van der Waals surface area (Å²) < 4.78 is 25.8. The fourth-order valence-electron chi connectivity index (χ4n) is 2.44. The van der Waals surface area contributed by atoms with E-state index in [1.807, 2.05) is 18.2 Å². The molecular weight excluding hydrogens is 342 g/mol. The number of rotatable bonds is 8. The number of nitrogens with one attached hydrogen (secondary N) is 1. The van der Waals surface area contributed by atoms with Gasteiger partial charge in [0, 0.05) is 12.0 Å². The fourth-order valence-corrected chi connectivity index (χ4v) is 3.22. The maximum atomic E-state index is 12.4. The Morgan fingerprint density at radius 1 is 1.08 bits per heavy atom. The Labute approximate surface area is 146 Å². The summed E-state index contributed by atoms with van der Waals surface area (Å²) in [4.78, 5) is 23.9. The van der Waals surface area contributed by atoms with Crippen LogP contribution in [0.5, 0.6) is 0 Å². The Bertz CT molecular complexity index is 862. The summed E-state index contributed by atoms with van der Waals surface area (Å²) in [5.74, 6) is -2.34. The number of carboxylic acid groups (broad SMARTS) is 1. The summed E-state index contributed by atoms with van der Waals surface area (Å²) in [6.45, 7) is 0. The minimum Gasteiger partial charge on any atom is -0.481 e. The zero-order valence-corrected chi connectivity index (χ0v) is 14.5. The fraction of sp³-hybridized carbons (Fsp3) is 0.222. The predicted molar refractivity (Wildman–Crippen MR) is 92.9 cm³/mol. The number of benzene rings is 2. The van der Waals surface area contributed by atoms with Crippen LogP contribution in [0.15, 0.2) is 59.5 Å². The van der Waals surface area contributed by atoms with Gasteiger partial charge >= 0.3 is 5.97 Å². The summed E-state index contributed by atoms with van der Waals surface area (Å²) in [5, 5.41) is 9.39. The molecular formula is C18H19NO5S. The molecule has 0 aliphatic rings. The highest BCUT2D eigenvalue weighted by molar-refractivity contribution is 7.89. The van der Waals surface area contributed by atoms with Crippen LogP contribution in [0.4, 0.5) is 0 Å². The number of aliphatic carboxylic acids is 1. The van der Waals surface area contributed by atoms with Gasteiger partial charge < -0.3 is 5.11 Å². The van der Waals surface area contributed by atoms with E-state index in [1.54, 1.807) is 12.1 Å².